The van der Waals surface area contributed by atoms with Crippen LogP contribution in [0, 0.1) is 0 Å². The molecule has 0 atom stereocenters. The zero-order chi connectivity index (χ0) is 42.2. The molecule has 0 aliphatic carbocycles. The summed E-state index contributed by atoms with van der Waals surface area (Å²) in [5.74, 6) is -0.149. The van der Waals surface area contributed by atoms with E-state index >= 15 is 0 Å². The molecule has 4 nitrogen and oxygen atoms in total. The van der Waals surface area contributed by atoms with Crippen LogP contribution in [0.15, 0.2) is 212 Å². The number of pyridine rings is 1. The van der Waals surface area contributed by atoms with Crippen molar-refractivity contribution in [1.29, 1.82) is 0 Å². The Morgan fingerprint density at radius 3 is 1.72 bits per heavy atom. The van der Waals surface area contributed by atoms with E-state index in [1.807, 2.05) is 68.6 Å². The predicted molar refractivity (Wildman–Crippen MR) is 253 cm³/mol. The van der Waals surface area contributed by atoms with Crippen LogP contribution in [0.5, 0.6) is 5.75 Å². The number of hydrogen-bond donors (Lipinski definition) is 1. The second kappa shape index (κ2) is 16.1. The lowest BCUT2D eigenvalue weighted by atomic mass is 9.92. The van der Waals surface area contributed by atoms with Crippen LogP contribution < -0.4 is 0 Å². The maximum Gasteiger partial charge on any atom is 0.149 e. The number of fused-ring (bicyclic) bond motifs is 1. The summed E-state index contributed by atoms with van der Waals surface area (Å²) in [6.45, 7) is 3.85. The monoisotopic (exact) mass is 786 g/mol. The molecule has 0 bridgehead atoms. The van der Waals surface area contributed by atoms with Gasteiger partial charge in [0.25, 0.3) is 0 Å². The summed E-state index contributed by atoms with van der Waals surface area (Å²) >= 11 is 0. The molecule has 61 heavy (non-hydrogen) atoms. The predicted octanol–water partition coefficient (Wildman–Crippen LogP) is 14.9. The summed E-state index contributed by atoms with van der Waals surface area (Å²) in [5, 5.41) is 11.3. The summed E-state index contributed by atoms with van der Waals surface area (Å²) in [6.07, 6.45) is 1.89. The van der Waals surface area contributed by atoms with E-state index in [0.717, 1.165) is 78.0 Å². The van der Waals surface area contributed by atoms with Gasteiger partial charge >= 0.3 is 0 Å². The largest absolute Gasteiger partial charge is 0.507 e. The minimum absolute atomic E-state index is 0.140. The smallest absolute Gasteiger partial charge is 0.149 e. The van der Waals surface area contributed by atoms with Crippen molar-refractivity contribution >= 4 is 11.0 Å². The molecule has 0 unspecified atom stereocenters. The maximum absolute atomic E-state index is 11.3. The second-order valence-electron chi connectivity index (χ2n) is 15.6. The van der Waals surface area contributed by atoms with Crippen molar-refractivity contribution in [3.05, 3.63) is 218 Å². The second-order valence-corrected chi connectivity index (χ2v) is 15.6. The molecule has 2 heterocycles. The average molecular weight is 787 g/mol. The minimum Gasteiger partial charge on any atom is -0.507 e. The van der Waals surface area contributed by atoms with Gasteiger partial charge in [0.05, 0.1) is 22.3 Å². The summed E-state index contributed by atoms with van der Waals surface area (Å²) in [7, 11) is 0. The molecule has 4 heteroatoms. The first-order valence-corrected chi connectivity index (χ1v) is 20.6. The van der Waals surface area contributed by atoms with Crippen LogP contribution in [0.1, 0.15) is 26.7 Å². The Bertz CT molecular complexity index is 3210. The number of imidazole rings is 1. The highest BCUT2D eigenvalue weighted by atomic mass is 16.3. The number of aromatic hydroxyl groups is 1. The van der Waals surface area contributed by atoms with E-state index in [-0.39, 0.29) is 5.75 Å². The molecule has 2 aromatic heterocycles. The number of phenols is 1. The van der Waals surface area contributed by atoms with Crippen molar-refractivity contribution < 1.29 is 6.48 Å². The first-order valence-electron chi connectivity index (χ1n) is 21.1. The molecular formula is C57H43N3O. The summed E-state index contributed by atoms with van der Waals surface area (Å²) in [4.78, 5) is 10.3. The third-order valence-electron chi connectivity index (χ3n) is 11.4. The van der Waals surface area contributed by atoms with E-state index in [1.165, 1.54) is 11.1 Å². The van der Waals surface area contributed by atoms with E-state index in [9.17, 15) is 6.48 Å². The first kappa shape index (κ1) is 36.3. The van der Waals surface area contributed by atoms with Crippen LogP contribution in [0.4, 0.5) is 0 Å². The Morgan fingerprint density at radius 1 is 0.459 bits per heavy atom. The number of nitrogens with zero attached hydrogens (tertiary/aromatic N) is 3. The van der Waals surface area contributed by atoms with Gasteiger partial charge in [0, 0.05) is 24.4 Å². The number of hydrogen-bond acceptors (Lipinski definition) is 3. The molecule has 8 aromatic carbocycles. The third kappa shape index (κ3) is 7.30. The molecule has 0 aliphatic heterocycles. The molecule has 1 N–H and O–H groups in total. The van der Waals surface area contributed by atoms with Gasteiger partial charge in [0.1, 0.15) is 11.6 Å². The Morgan fingerprint density at radius 2 is 1.03 bits per heavy atom. The molecule has 10 aromatic rings. The minimum atomic E-state index is -0.900. The average Bonchev–Trinajstić information content (AvgIpc) is 3.72. The van der Waals surface area contributed by atoms with Crippen molar-refractivity contribution in [1.82, 2.24) is 14.5 Å². The van der Waals surface area contributed by atoms with Crippen LogP contribution in [-0.2, 0) is 0 Å². The van der Waals surface area contributed by atoms with E-state index in [0.29, 0.717) is 11.4 Å². The molecule has 292 valence electrons. The van der Waals surface area contributed by atoms with Crippen molar-refractivity contribution in [2.75, 3.05) is 0 Å². The molecule has 0 radical (unpaired) electrons. The van der Waals surface area contributed by atoms with Gasteiger partial charge < -0.3 is 5.11 Å². The number of rotatable bonds is 9. The molecule has 0 spiro atoms. The zero-order valence-corrected chi connectivity index (χ0v) is 34.0. The molecular weight excluding hydrogens is 743 g/mol. The summed E-state index contributed by atoms with van der Waals surface area (Å²) in [5.41, 5.74) is 16.6. The number of phenolic OH excluding ortho intramolecular Hbond substituents is 1. The van der Waals surface area contributed by atoms with Crippen LogP contribution in [0.3, 0.4) is 0 Å². The van der Waals surface area contributed by atoms with Crippen molar-refractivity contribution in [2.24, 2.45) is 0 Å². The van der Waals surface area contributed by atoms with Gasteiger partial charge in [0.15, 0.2) is 0 Å². The quantitative estimate of drug-likeness (QED) is 0.159. The number of benzene rings is 8. The third-order valence-corrected chi connectivity index (χ3v) is 11.4. The van der Waals surface area contributed by atoms with E-state index in [2.05, 4.69) is 156 Å². The van der Waals surface area contributed by atoms with Crippen molar-refractivity contribution in [3.63, 3.8) is 0 Å². The number of para-hydroxylation sites is 2. The van der Waals surface area contributed by atoms with Crippen LogP contribution in [0.2, 0.25) is 0 Å². The van der Waals surface area contributed by atoms with Crippen molar-refractivity contribution in [3.8, 4) is 89.7 Å². The molecule has 0 fully saturated rings. The fraction of sp³-hybridized carbons (Fsp3) is 0.0526. The highest BCUT2D eigenvalue weighted by Crippen LogP contribution is 2.41. The van der Waals surface area contributed by atoms with Crippen LogP contribution in [-0.4, -0.2) is 19.6 Å². The Labute approximate surface area is 358 Å². The van der Waals surface area contributed by atoms with Gasteiger partial charge in [0.2, 0.25) is 0 Å². The lowest BCUT2D eigenvalue weighted by Gasteiger charge is -2.17. The molecule has 0 amide bonds. The Hall–Kier alpha value is -7.82. The van der Waals surface area contributed by atoms with Crippen molar-refractivity contribution in [2.45, 2.75) is 19.7 Å². The van der Waals surface area contributed by atoms with Gasteiger partial charge in [-0.1, -0.05) is 159 Å². The highest BCUT2D eigenvalue weighted by Gasteiger charge is 2.22. The van der Waals surface area contributed by atoms with Gasteiger partial charge in [-0.2, -0.15) is 0 Å². The number of aromatic nitrogens is 3. The Kier molecular flexibility index (Phi) is 9.57. The zero-order valence-electron chi connectivity index (χ0n) is 35.0. The van der Waals surface area contributed by atoms with Gasteiger partial charge in [-0.3, -0.25) is 9.55 Å². The molecule has 10 rings (SSSR count). The maximum atomic E-state index is 11.3. The first-order chi connectivity index (χ1) is 30.3. The van der Waals surface area contributed by atoms with E-state index in [1.54, 1.807) is 6.07 Å². The van der Waals surface area contributed by atoms with Gasteiger partial charge in [-0.15, -0.1) is 0 Å². The van der Waals surface area contributed by atoms with Crippen LogP contribution >= 0.6 is 0 Å². The van der Waals surface area contributed by atoms with Crippen LogP contribution in [0.25, 0.3) is 95.0 Å². The van der Waals surface area contributed by atoms with Gasteiger partial charge in [-0.05, 0) is 122 Å². The Balaban J connectivity index is 1.15. The fourth-order valence-electron chi connectivity index (χ4n) is 8.37. The topological polar surface area (TPSA) is 50.9 Å². The lowest BCUT2D eigenvalue weighted by Crippen LogP contribution is -2.01. The fourth-order valence-corrected chi connectivity index (χ4v) is 8.37. The lowest BCUT2D eigenvalue weighted by molar-refractivity contribution is 0.477. The summed E-state index contributed by atoms with van der Waals surface area (Å²) < 4.78 is 11.4. The van der Waals surface area contributed by atoms with Gasteiger partial charge in [-0.25, -0.2) is 4.98 Å². The molecule has 0 saturated carbocycles. The molecule has 0 saturated heterocycles. The summed E-state index contributed by atoms with van der Waals surface area (Å²) in [6, 6.07) is 70.6. The normalized spacial score (nSPS) is 11.7. The van der Waals surface area contributed by atoms with E-state index < -0.39 is 5.89 Å². The standard InChI is InChI=1S/C57H43N3O/c1-38(2)52-37-48(29-30-49(52)43-19-10-5-11-20-43)60-54-23-14-22-50(56(54)59-57(60)51-21-12-13-24-55(51)61)46-33-45(40-17-8-4-9-18-40)34-47(35-46)53-36-44(31-32-58-53)42-27-25-41(26-28-42)39-15-6-3-7-16-39/h3-38,61H,1-2H3/i38D. The molecule has 0 aliphatic rings. The highest BCUT2D eigenvalue weighted by molar-refractivity contribution is 5.97. The SMILES string of the molecule is [2H]C(C)(C)c1cc(-n2c(-c3ccccc3O)nc3c(-c4cc(-c5ccccc5)cc(-c5cc(-c6ccc(-c7ccccc7)cc6)ccn5)c4)cccc32)ccc1-c1ccccc1. The van der Waals surface area contributed by atoms with E-state index in [4.69, 9.17) is 9.97 Å².